The van der Waals surface area contributed by atoms with E-state index in [1.807, 2.05) is 31.2 Å². The first-order chi connectivity index (χ1) is 13.7. The standard InChI is InChI=1S/C21H29N3O4S/c1-13-7-5-9-17(11-13)20-23-19(28-24-20)12-29(26,27)16(4)21(25)22-18-10-6-8-14(2)15(18)3/h5,7,9,11,14-16,18H,6,8,10,12H2,1-4H3,(H,22,25)/t14-,15-,16+,18+/m0/s1. The molecule has 1 saturated carbocycles. The van der Waals surface area contributed by atoms with Gasteiger partial charge in [0.05, 0.1) is 0 Å². The SMILES string of the molecule is Cc1cccc(-c2noc(CS(=O)(=O)[C@H](C)C(=O)N[C@@H]3CCC[C@H](C)[C@@H]3C)n2)c1. The zero-order valence-corrected chi connectivity index (χ0v) is 18.2. The number of nitrogens with one attached hydrogen (secondary N) is 1. The van der Waals surface area contributed by atoms with E-state index in [0.717, 1.165) is 30.4 Å². The Bertz CT molecular complexity index is 970. The van der Waals surface area contributed by atoms with Crippen LogP contribution >= 0.6 is 0 Å². The normalized spacial score (nSPS) is 23.5. The van der Waals surface area contributed by atoms with Gasteiger partial charge in [0.1, 0.15) is 11.0 Å². The summed E-state index contributed by atoms with van der Waals surface area (Å²) in [6.07, 6.45) is 3.07. The van der Waals surface area contributed by atoms with Crippen LogP contribution < -0.4 is 5.32 Å². The maximum atomic E-state index is 12.7. The summed E-state index contributed by atoms with van der Waals surface area (Å²) in [5, 5.41) is 5.64. The van der Waals surface area contributed by atoms with Crippen LogP contribution in [0.1, 0.15) is 51.5 Å². The van der Waals surface area contributed by atoms with Gasteiger partial charge in [0, 0.05) is 11.6 Å². The molecule has 0 bridgehead atoms. The first-order valence-electron chi connectivity index (χ1n) is 10.1. The van der Waals surface area contributed by atoms with Crippen LogP contribution in [0.25, 0.3) is 11.4 Å². The first-order valence-corrected chi connectivity index (χ1v) is 11.8. The van der Waals surface area contributed by atoms with Crippen molar-refractivity contribution >= 4 is 15.7 Å². The Morgan fingerprint density at radius 2 is 2.07 bits per heavy atom. The van der Waals surface area contributed by atoms with Crippen molar-refractivity contribution in [1.82, 2.24) is 15.5 Å². The number of aryl methyl sites for hydroxylation is 1. The second kappa shape index (κ2) is 8.65. The minimum atomic E-state index is -3.78. The van der Waals surface area contributed by atoms with Crippen molar-refractivity contribution in [1.29, 1.82) is 0 Å². The fourth-order valence-corrected chi connectivity index (χ4v) is 4.87. The van der Waals surface area contributed by atoms with Crippen LogP contribution in [0.3, 0.4) is 0 Å². The molecule has 7 nitrogen and oxygen atoms in total. The van der Waals surface area contributed by atoms with Gasteiger partial charge in [-0.15, -0.1) is 0 Å². The van der Waals surface area contributed by atoms with Gasteiger partial charge in [-0.2, -0.15) is 4.98 Å². The number of aromatic nitrogens is 2. The van der Waals surface area contributed by atoms with E-state index in [4.69, 9.17) is 4.52 Å². The Hall–Kier alpha value is -2.22. The van der Waals surface area contributed by atoms with Gasteiger partial charge in [0.25, 0.3) is 0 Å². The van der Waals surface area contributed by atoms with Crippen molar-refractivity contribution in [3.05, 3.63) is 35.7 Å². The largest absolute Gasteiger partial charge is 0.352 e. The van der Waals surface area contributed by atoms with Gasteiger partial charge in [0.15, 0.2) is 9.84 Å². The lowest BCUT2D eigenvalue weighted by molar-refractivity contribution is -0.121. The molecular weight excluding hydrogens is 390 g/mol. The van der Waals surface area contributed by atoms with Crippen LogP contribution in [0.2, 0.25) is 0 Å². The topological polar surface area (TPSA) is 102 Å². The molecule has 1 heterocycles. The lowest BCUT2D eigenvalue weighted by Gasteiger charge is -2.35. The summed E-state index contributed by atoms with van der Waals surface area (Å²) in [6.45, 7) is 7.65. The number of carbonyl (C=O) groups excluding carboxylic acids is 1. The predicted octanol–water partition coefficient (Wildman–Crippen LogP) is 3.29. The molecule has 1 amide bonds. The zero-order valence-electron chi connectivity index (χ0n) is 17.4. The van der Waals surface area contributed by atoms with E-state index in [0.29, 0.717) is 17.7 Å². The van der Waals surface area contributed by atoms with Gasteiger partial charge >= 0.3 is 0 Å². The molecule has 0 aliphatic heterocycles. The smallest absolute Gasteiger partial charge is 0.242 e. The van der Waals surface area contributed by atoms with E-state index in [-0.39, 0.29) is 11.9 Å². The summed E-state index contributed by atoms with van der Waals surface area (Å²) in [6, 6.07) is 7.56. The third-order valence-electron chi connectivity index (χ3n) is 6.01. The van der Waals surface area contributed by atoms with Crippen molar-refractivity contribution in [3.63, 3.8) is 0 Å². The Labute approximate surface area is 172 Å². The molecule has 8 heteroatoms. The molecule has 0 unspecified atom stereocenters. The van der Waals surface area contributed by atoms with Gasteiger partial charge in [-0.1, -0.05) is 55.6 Å². The fraction of sp³-hybridized carbons (Fsp3) is 0.571. The highest BCUT2D eigenvalue weighted by Gasteiger charge is 2.34. The van der Waals surface area contributed by atoms with Crippen molar-refractivity contribution in [3.8, 4) is 11.4 Å². The van der Waals surface area contributed by atoms with E-state index in [2.05, 4.69) is 29.3 Å². The summed E-state index contributed by atoms with van der Waals surface area (Å²) in [7, 11) is -3.78. The van der Waals surface area contributed by atoms with E-state index >= 15 is 0 Å². The molecule has 29 heavy (non-hydrogen) atoms. The summed E-state index contributed by atoms with van der Waals surface area (Å²) < 4.78 is 30.6. The molecule has 0 saturated heterocycles. The van der Waals surface area contributed by atoms with Crippen LogP contribution in [0.15, 0.2) is 28.8 Å². The summed E-state index contributed by atoms with van der Waals surface area (Å²) >= 11 is 0. The Kier molecular flexibility index (Phi) is 6.41. The lowest BCUT2D eigenvalue weighted by Crippen LogP contribution is -2.48. The van der Waals surface area contributed by atoms with Crippen LogP contribution in [0.4, 0.5) is 0 Å². The number of hydrogen-bond donors (Lipinski definition) is 1. The Balaban J connectivity index is 1.66. The molecule has 0 spiro atoms. The molecule has 1 aromatic carbocycles. The van der Waals surface area contributed by atoms with E-state index in [9.17, 15) is 13.2 Å². The monoisotopic (exact) mass is 419 g/mol. The maximum Gasteiger partial charge on any atom is 0.242 e. The van der Waals surface area contributed by atoms with E-state index in [1.54, 1.807) is 0 Å². The van der Waals surface area contributed by atoms with Gasteiger partial charge in [-0.3, -0.25) is 4.79 Å². The number of benzene rings is 1. The van der Waals surface area contributed by atoms with E-state index < -0.39 is 26.7 Å². The molecule has 158 valence electrons. The third-order valence-corrected chi connectivity index (χ3v) is 7.95. The number of carbonyl (C=O) groups is 1. The van der Waals surface area contributed by atoms with Gasteiger partial charge in [0.2, 0.25) is 17.6 Å². The molecule has 4 atom stereocenters. The second-order valence-electron chi connectivity index (χ2n) is 8.21. The van der Waals surface area contributed by atoms with Gasteiger partial charge < -0.3 is 9.84 Å². The molecule has 0 radical (unpaired) electrons. The molecule has 3 rings (SSSR count). The summed E-state index contributed by atoms with van der Waals surface area (Å²) in [4.78, 5) is 16.8. The molecular formula is C21H29N3O4S. The Morgan fingerprint density at radius 3 is 2.79 bits per heavy atom. The van der Waals surface area contributed by atoms with E-state index in [1.165, 1.54) is 6.92 Å². The number of rotatable bonds is 6. The highest BCUT2D eigenvalue weighted by molar-refractivity contribution is 7.92. The van der Waals surface area contributed by atoms with Crippen LogP contribution in [0, 0.1) is 18.8 Å². The highest BCUT2D eigenvalue weighted by atomic mass is 32.2. The van der Waals surface area contributed by atoms with Gasteiger partial charge in [-0.05, 0) is 38.2 Å². The molecule has 1 N–H and O–H groups in total. The summed E-state index contributed by atoms with van der Waals surface area (Å²) in [5.41, 5.74) is 1.79. The minimum Gasteiger partial charge on any atom is -0.352 e. The predicted molar refractivity (Wildman–Crippen MR) is 111 cm³/mol. The van der Waals surface area contributed by atoms with Crippen LogP contribution in [0.5, 0.6) is 0 Å². The average molecular weight is 420 g/mol. The number of sulfone groups is 1. The quantitative estimate of drug-likeness (QED) is 0.771. The highest BCUT2D eigenvalue weighted by Crippen LogP contribution is 2.29. The number of amides is 1. The molecule has 2 aromatic rings. The lowest BCUT2D eigenvalue weighted by atomic mass is 9.78. The minimum absolute atomic E-state index is 0.0131. The number of hydrogen-bond acceptors (Lipinski definition) is 6. The molecule has 1 aliphatic carbocycles. The van der Waals surface area contributed by atoms with Gasteiger partial charge in [-0.25, -0.2) is 8.42 Å². The maximum absolute atomic E-state index is 12.7. The average Bonchev–Trinajstić information content (AvgIpc) is 3.12. The summed E-state index contributed by atoms with van der Waals surface area (Å²) in [5.74, 6) is 0.239. The van der Waals surface area contributed by atoms with Crippen molar-refractivity contribution in [2.24, 2.45) is 11.8 Å². The van der Waals surface area contributed by atoms with Crippen molar-refractivity contribution in [2.75, 3.05) is 0 Å². The Morgan fingerprint density at radius 1 is 1.31 bits per heavy atom. The molecule has 1 aromatic heterocycles. The van der Waals surface area contributed by atoms with Crippen molar-refractivity contribution in [2.45, 2.75) is 64.0 Å². The third kappa shape index (κ3) is 5.04. The van der Waals surface area contributed by atoms with Crippen LogP contribution in [-0.2, 0) is 20.4 Å². The second-order valence-corrected chi connectivity index (χ2v) is 10.5. The fourth-order valence-electron chi connectivity index (χ4n) is 3.76. The number of nitrogens with zero attached hydrogens (tertiary/aromatic N) is 2. The molecule has 1 fully saturated rings. The zero-order chi connectivity index (χ0) is 21.2. The van der Waals surface area contributed by atoms with Crippen LogP contribution in [-0.4, -0.2) is 35.8 Å². The van der Waals surface area contributed by atoms with Crippen molar-refractivity contribution < 1.29 is 17.7 Å². The first kappa shape index (κ1) is 21.5. The molecule has 1 aliphatic rings.